The van der Waals surface area contributed by atoms with E-state index in [4.69, 9.17) is 9.97 Å². The summed E-state index contributed by atoms with van der Waals surface area (Å²) in [4.78, 5) is 49.1. The minimum absolute atomic E-state index is 0.146. The third-order valence-electron chi connectivity index (χ3n) is 14.2. The lowest BCUT2D eigenvalue weighted by Crippen LogP contribution is -2.31. The summed E-state index contributed by atoms with van der Waals surface area (Å²) in [5.41, 5.74) is 9.13. The second-order valence-corrected chi connectivity index (χ2v) is 19.5. The van der Waals surface area contributed by atoms with E-state index in [0.29, 0.717) is 47.0 Å². The molecule has 0 unspecified atom stereocenters. The monoisotopic (exact) mass is 961 g/mol. The van der Waals surface area contributed by atoms with Gasteiger partial charge in [0.1, 0.15) is 0 Å². The fraction of sp³-hybridized carbons (Fsp3) is 0.375. The molecule has 72 heavy (non-hydrogen) atoms. The van der Waals surface area contributed by atoms with Crippen LogP contribution in [0.15, 0.2) is 169 Å². The Balaban J connectivity index is 1.14. The van der Waals surface area contributed by atoms with Gasteiger partial charge in [0, 0.05) is 35.8 Å². The summed E-state index contributed by atoms with van der Waals surface area (Å²) in [6, 6.07) is 49.3. The summed E-state index contributed by atoms with van der Waals surface area (Å²) in [7, 11) is 0. The lowest BCUT2D eigenvalue weighted by atomic mass is 10.1. The molecule has 2 aromatic heterocycles. The third-order valence-corrected chi connectivity index (χ3v) is 14.2. The number of unbranched alkanes of at least 4 members (excludes halogenated alkanes) is 18. The zero-order chi connectivity index (χ0) is 49.7. The molecule has 2 aliphatic heterocycles. The van der Waals surface area contributed by atoms with Crippen molar-refractivity contribution in [1.29, 1.82) is 0 Å². The number of carbonyl (C=O) groups excluding carboxylic acids is 2. The molecule has 8 heteroatoms. The Hall–Kier alpha value is -6.80. The number of carbonyl (C=O) groups is 2. The number of fused-ring (bicyclic) bond motifs is 1. The van der Waals surface area contributed by atoms with E-state index in [9.17, 15) is 0 Å². The van der Waals surface area contributed by atoms with Crippen molar-refractivity contribution in [2.45, 2.75) is 142 Å². The molecule has 0 bridgehead atoms. The average Bonchev–Trinajstić information content (AvgIpc) is 3.87. The maximum atomic E-state index is 15.3. The Kier molecular flexibility index (Phi) is 19.4. The van der Waals surface area contributed by atoms with Crippen LogP contribution in [0.2, 0.25) is 0 Å². The number of pyridine rings is 2. The molecule has 0 fully saturated rings. The topological polar surface area (TPSA) is 72.9 Å². The highest BCUT2D eigenvalue weighted by molar-refractivity contribution is 6.30. The third kappa shape index (κ3) is 13.0. The Morgan fingerprint density at radius 3 is 0.875 bits per heavy atom. The van der Waals surface area contributed by atoms with E-state index in [2.05, 4.69) is 84.3 Å². The van der Waals surface area contributed by atoms with Crippen molar-refractivity contribution in [1.82, 2.24) is 19.8 Å². The Morgan fingerprint density at radius 2 is 0.611 bits per heavy atom. The fourth-order valence-corrected chi connectivity index (χ4v) is 10.4. The molecule has 0 N–H and O–H groups in total. The van der Waals surface area contributed by atoms with Gasteiger partial charge in [-0.3, -0.25) is 19.6 Å². The van der Waals surface area contributed by atoms with Crippen molar-refractivity contribution in [3.05, 3.63) is 181 Å². The van der Waals surface area contributed by atoms with E-state index >= 15 is 9.59 Å². The van der Waals surface area contributed by atoms with E-state index in [1.165, 1.54) is 89.9 Å². The van der Waals surface area contributed by atoms with Crippen molar-refractivity contribution in [3.8, 4) is 0 Å². The lowest BCUT2D eigenvalue weighted by molar-refractivity contribution is -0.124. The van der Waals surface area contributed by atoms with Crippen LogP contribution in [0.25, 0.3) is 11.4 Å². The highest BCUT2D eigenvalue weighted by Crippen LogP contribution is 2.47. The number of hydrogen-bond acceptors (Lipinski definition) is 6. The first kappa shape index (κ1) is 51.6. The molecule has 0 atom stereocenters. The van der Waals surface area contributed by atoms with E-state index in [1.54, 1.807) is 0 Å². The molecule has 0 saturated heterocycles. The van der Waals surface area contributed by atoms with E-state index in [0.717, 1.165) is 72.6 Å². The molecule has 6 aromatic rings. The maximum Gasteiger partial charge on any atom is 0.261 e. The standard InChI is InChI=1S/C64H76N6O2/c1-3-5-7-9-11-13-15-17-19-33-47-67-61(57-45-43-55(49-65-57)69(51-35-25-21-26-36-51)52-37-27-22-28-38-52)59-60(63(67)71)62(68(64(59)72)48-34-20-18-16-14-12-10-8-6-4-2)58-46-44-56(50-66-58)70(53-39-29-23-30-40-53)54-41-31-24-32-42-54/h21-32,35-46,49-50H,3-20,33-34,47-48H2,1-2H3. The molecular formula is C64H76N6O2. The van der Waals surface area contributed by atoms with Crippen LogP contribution in [0.3, 0.4) is 0 Å². The van der Waals surface area contributed by atoms with Crippen LogP contribution in [0, 0.1) is 0 Å². The van der Waals surface area contributed by atoms with Gasteiger partial charge in [-0.15, -0.1) is 0 Å². The van der Waals surface area contributed by atoms with Gasteiger partial charge >= 0.3 is 0 Å². The zero-order valence-electron chi connectivity index (χ0n) is 43.1. The minimum atomic E-state index is -0.146. The number of nitrogens with zero attached hydrogens (tertiary/aromatic N) is 6. The van der Waals surface area contributed by atoms with Crippen molar-refractivity contribution >= 4 is 57.3 Å². The van der Waals surface area contributed by atoms with Crippen LogP contribution in [0.1, 0.15) is 154 Å². The van der Waals surface area contributed by atoms with Gasteiger partial charge in [-0.1, -0.05) is 202 Å². The second-order valence-electron chi connectivity index (χ2n) is 19.5. The molecule has 0 aliphatic carbocycles. The first-order valence-corrected chi connectivity index (χ1v) is 27.4. The summed E-state index contributed by atoms with van der Waals surface area (Å²) < 4.78 is 0. The van der Waals surface area contributed by atoms with Crippen molar-refractivity contribution in [3.63, 3.8) is 0 Å². The second kappa shape index (κ2) is 27.1. The Bertz CT molecular complexity index is 2390. The zero-order valence-corrected chi connectivity index (χ0v) is 43.1. The molecule has 8 nitrogen and oxygen atoms in total. The highest BCUT2D eigenvalue weighted by atomic mass is 16.2. The van der Waals surface area contributed by atoms with E-state index in [-0.39, 0.29) is 11.8 Å². The van der Waals surface area contributed by atoms with Gasteiger partial charge in [-0.25, -0.2) is 0 Å². The van der Waals surface area contributed by atoms with Gasteiger partial charge in [-0.05, 0) is 85.6 Å². The summed E-state index contributed by atoms with van der Waals surface area (Å²) in [5.74, 6) is -0.293. The summed E-state index contributed by atoms with van der Waals surface area (Å²) in [6.07, 6.45) is 27.6. The first-order valence-electron chi connectivity index (χ1n) is 27.4. The van der Waals surface area contributed by atoms with Crippen LogP contribution in [0.5, 0.6) is 0 Å². The Morgan fingerprint density at radius 1 is 0.333 bits per heavy atom. The lowest BCUT2D eigenvalue weighted by Gasteiger charge is -2.27. The Labute approximate surface area is 430 Å². The van der Waals surface area contributed by atoms with Gasteiger partial charge in [0.2, 0.25) is 0 Å². The van der Waals surface area contributed by atoms with Crippen molar-refractivity contribution in [2.24, 2.45) is 0 Å². The predicted octanol–water partition coefficient (Wildman–Crippen LogP) is 17.1. The van der Waals surface area contributed by atoms with Gasteiger partial charge < -0.3 is 19.6 Å². The van der Waals surface area contributed by atoms with Crippen molar-refractivity contribution in [2.75, 3.05) is 22.9 Å². The maximum absolute atomic E-state index is 15.3. The van der Waals surface area contributed by atoms with Crippen LogP contribution in [0.4, 0.5) is 34.1 Å². The average molecular weight is 961 g/mol. The van der Waals surface area contributed by atoms with Gasteiger partial charge in [0.25, 0.3) is 11.8 Å². The summed E-state index contributed by atoms with van der Waals surface area (Å²) in [5, 5.41) is 0. The van der Waals surface area contributed by atoms with E-state index < -0.39 is 0 Å². The molecular weight excluding hydrogens is 885 g/mol. The molecule has 2 amide bonds. The number of aromatic nitrogens is 2. The number of benzene rings is 4. The molecule has 0 spiro atoms. The van der Waals surface area contributed by atoms with Crippen molar-refractivity contribution < 1.29 is 9.59 Å². The number of hydrogen-bond donors (Lipinski definition) is 0. The largest absolute Gasteiger partial charge is 0.309 e. The van der Waals surface area contributed by atoms with Crippen LogP contribution in [-0.2, 0) is 9.59 Å². The molecule has 2 aliphatic rings. The van der Waals surface area contributed by atoms with Crippen LogP contribution >= 0.6 is 0 Å². The van der Waals surface area contributed by atoms with E-state index in [1.807, 2.05) is 107 Å². The van der Waals surface area contributed by atoms with Gasteiger partial charge in [0.15, 0.2) is 0 Å². The summed E-state index contributed by atoms with van der Waals surface area (Å²) in [6.45, 7) is 5.55. The smallest absolute Gasteiger partial charge is 0.261 e. The SMILES string of the molecule is CCCCCCCCCCCCN1C(=O)C2=C(c3ccc(N(c4ccccc4)c4ccccc4)cn3)N(CCCCCCCCCCCC)C(=O)C2=C1c1ccc(N(c2ccccc2)c2ccccc2)cn1. The molecule has 374 valence electrons. The quantitative estimate of drug-likeness (QED) is 0.0419. The minimum Gasteiger partial charge on any atom is -0.309 e. The number of amides is 2. The van der Waals surface area contributed by atoms with Gasteiger partial charge in [-0.2, -0.15) is 0 Å². The van der Waals surface area contributed by atoms with Crippen LogP contribution in [-0.4, -0.2) is 44.7 Å². The first-order chi connectivity index (χ1) is 35.6. The normalized spacial score (nSPS) is 13.4. The van der Waals surface area contributed by atoms with Crippen LogP contribution < -0.4 is 9.80 Å². The number of anilines is 6. The van der Waals surface area contributed by atoms with Gasteiger partial charge in [0.05, 0.1) is 57.7 Å². The summed E-state index contributed by atoms with van der Waals surface area (Å²) >= 11 is 0. The molecule has 0 saturated carbocycles. The molecule has 8 rings (SSSR count). The highest BCUT2D eigenvalue weighted by Gasteiger charge is 2.49. The molecule has 4 aromatic carbocycles. The molecule has 0 radical (unpaired) electrons. The number of para-hydroxylation sites is 4. The number of rotatable bonds is 30. The molecule has 4 heterocycles. The predicted molar refractivity (Wildman–Crippen MR) is 299 cm³/mol. The fourth-order valence-electron chi connectivity index (χ4n) is 10.4.